The lowest BCUT2D eigenvalue weighted by atomic mass is 10.0. The fraction of sp³-hybridized carbons (Fsp3) is 0.350. The smallest absolute Gasteiger partial charge is 0.357 e. The van der Waals surface area contributed by atoms with Crippen molar-refractivity contribution < 1.29 is 28.3 Å². The first kappa shape index (κ1) is 22.3. The number of thiazole rings is 1. The van der Waals surface area contributed by atoms with Crippen molar-refractivity contribution in [1.29, 1.82) is 0 Å². The maximum atomic E-state index is 13.6. The first-order valence-electron chi connectivity index (χ1n) is 9.45. The number of carbonyl (C=O) groups excluding carboxylic acids is 4. The Kier molecular flexibility index (Phi) is 6.64. The minimum absolute atomic E-state index is 0.0218. The number of amides is 4. The Morgan fingerprint density at radius 1 is 1.35 bits per heavy atom. The molecule has 4 amide bonds. The molecule has 3 rings (SSSR count). The Labute approximate surface area is 181 Å². The number of hydrogen-bond donors (Lipinski definition) is 2. The average molecular weight is 448 g/mol. The Balaban J connectivity index is 1.83. The molecule has 0 aliphatic carbocycles. The monoisotopic (exact) mass is 448 g/mol. The van der Waals surface area contributed by atoms with Crippen LogP contribution in [-0.2, 0) is 14.3 Å². The number of imide groups is 1. The lowest BCUT2D eigenvalue weighted by Gasteiger charge is -2.25. The van der Waals surface area contributed by atoms with Gasteiger partial charge in [0.1, 0.15) is 17.9 Å². The van der Waals surface area contributed by atoms with Gasteiger partial charge in [0.2, 0.25) is 5.91 Å². The third-order valence-electron chi connectivity index (χ3n) is 4.59. The van der Waals surface area contributed by atoms with Crippen LogP contribution in [0.3, 0.4) is 0 Å². The van der Waals surface area contributed by atoms with E-state index in [9.17, 15) is 23.6 Å². The van der Waals surface area contributed by atoms with Crippen molar-refractivity contribution >= 4 is 40.3 Å². The third kappa shape index (κ3) is 4.88. The van der Waals surface area contributed by atoms with Crippen LogP contribution in [0.4, 0.5) is 14.3 Å². The van der Waals surface area contributed by atoms with Gasteiger partial charge in [-0.3, -0.25) is 9.59 Å². The van der Waals surface area contributed by atoms with Crippen molar-refractivity contribution in [3.05, 3.63) is 46.7 Å². The topological polar surface area (TPSA) is 118 Å². The summed E-state index contributed by atoms with van der Waals surface area (Å²) in [4.78, 5) is 55.0. The van der Waals surface area contributed by atoms with Crippen LogP contribution in [0, 0.1) is 11.7 Å². The highest BCUT2D eigenvalue weighted by molar-refractivity contribution is 7.14. The van der Waals surface area contributed by atoms with Gasteiger partial charge in [-0.15, -0.1) is 11.3 Å². The van der Waals surface area contributed by atoms with Gasteiger partial charge in [-0.25, -0.2) is 23.9 Å². The fourth-order valence-electron chi connectivity index (χ4n) is 3.20. The van der Waals surface area contributed by atoms with Gasteiger partial charge >= 0.3 is 12.0 Å². The zero-order valence-electron chi connectivity index (χ0n) is 17.0. The number of nitrogens with zero attached hydrogens (tertiary/aromatic N) is 2. The molecular weight excluding hydrogens is 427 g/mol. The molecule has 2 aromatic rings. The van der Waals surface area contributed by atoms with E-state index in [4.69, 9.17) is 0 Å². The van der Waals surface area contributed by atoms with E-state index in [1.807, 2.05) is 13.8 Å². The Hall–Kier alpha value is -3.34. The minimum atomic E-state index is -1.11. The molecule has 164 valence electrons. The normalized spacial score (nSPS) is 16.9. The molecule has 2 heterocycles. The minimum Gasteiger partial charge on any atom is -0.464 e. The van der Waals surface area contributed by atoms with Crippen molar-refractivity contribution in [3.63, 3.8) is 0 Å². The van der Waals surface area contributed by atoms with Crippen molar-refractivity contribution in [2.75, 3.05) is 12.4 Å². The van der Waals surface area contributed by atoms with Gasteiger partial charge < -0.3 is 15.4 Å². The quantitative estimate of drug-likeness (QED) is 0.497. The highest BCUT2D eigenvalue weighted by Gasteiger charge is 2.45. The summed E-state index contributed by atoms with van der Waals surface area (Å²) in [5.41, 5.74) is 0.316. The van der Waals surface area contributed by atoms with Crippen LogP contribution < -0.4 is 10.6 Å². The Morgan fingerprint density at radius 3 is 2.74 bits per heavy atom. The van der Waals surface area contributed by atoms with Crippen LogP contribution in [0.5, 0.6) is 0 Å². The molecule has 1 aliphatic rings. The molecule has 0 saturated carbocycles. The van der Waals surface area contributed by atoms with E-state index in [0.717, 1.165) is 22.3 Å². The summed E-state index contributed by atoms with van der Waals surface area (Å²) < 4.78 is 18.2. The first-order valence-corrected chi connectivity index (χ1v) is 10.3. The predicted octanol–water partition coefficient (Wildman–Crippen LogP) is 2.72. The molecule has 1 unspecified atom stereocenters. The molecule has 0 spiro atoms. The van der Waals surface area contributed by atoms with Crippen molar-refractivity contribution in [2.45, 2.75) is 32.4 Å². The van der Waals surface area contributed by atoms with Gasteiger partial charge in [0.25, 0.3) is 5.91 Å². The van der Waals surface area contributed by atoms with Gasteiger partial charge in [0, 0.05) is 5.38 Å². The number of methoxy groups -OCH3 is 1. The van der Waals surface area contributed by atoms with E-state index in [-0.39, 0.29) is 28.7 Å². The van der Waals surface area contributed by atoms with Gasteiger partial charge in [0.05, 0.1) is 7.11 Å². The van der Waals surface area contributed by atoms with E-state index in [2.05, 4.69) is 20.4 Å². The van der Waals surface area contributed by atoms with Gasteiger partial charge in [-0.2, -0.15) is 0 Å². The molecule has 2 N–H and O–H groups in total. The first-order chi connectivity index (χ1) is 14.7. The second-order valence-electron chi connectivity index (χ2n) is 7.31. The molecule has 31 heavy (non-hydrogen) atoms. The van der Waals surface area contributed by atoms with E-state index < -0.39 is 41.7 Å². The highest BCUT2D eigenvalue weighted by Crippen LogP contribution is 2.27. The molecule has 1 aromatic heterocycles. The SMILES string of the molecule is COC(=O)c1csc(NC(=O)[C@H](CC(C)C)N2C(=O)NC(c3cccc(F)c3)C2=O)n1. The van der Waals surface area contributed by atoms with Crippen molar-refractivity contribution in [1.82, 2.24) is 15.2 Å². The number of rotatable bonds is 7. The number of benzene rings is 1. The van der Waals surface area contributed by atoms with Crippen molar-refractivity contribution in [2.24, 2.45) is 5.92 Å². The molecular formula is C20H21FN4O5S. The number of anilines is 1. The standard InChI is InChI=1S/C20H21FN4O5S/c1-10(2)7-14(16(26)24-19-22-13(9-31-19)18(28)30-3)25-17(27)15(23-20(25)29)11-5-4-6-12(21)8-11/h4-6,8-10,14-15H,7H2,1-3H3,(H,23,29)(H,22,24,26)/t14-,15?/m0/s1. The molecule has 2 atom stereocenters. The lowest BCUT2D eigenvalue weighted by Crippen LogP contribution is -2.48. The number of urea groups is 1. The molecule has 1 aromatic carbocycles. The van der Waals surface area contributed by atoms with E-state index in [1.165, 1.54) is 30.7 Å². The zero-order valence-corrected chi connectivity index (χ0v) is 17.9. The summed E-state index contributed by atoms with van der Waals surface area (Å²) in [6, 6.07) is 2.41. The zero-order chi connectivity index (χ0) is 22.7. The van der Waals surface area contributed by atoms with E-state index in [1.54, 1.807) is 0 Å². The number of carbonyl (C=O) groups is 4. The largest absolute Gasteiger partial charge is 0.464 e. The fourth-order valence-corrected chi connectivity index (χ4v) is 3.88. The molecule has 9 nitrogen and oxygen atoms in total. The van der Waals surface area contributed by atoms with Gasteiger partial charge in [-0.05, 0) is 30.0 Å². The number of ether oxygens (including phenoxy) is 1. The summed E-state index contributed by atoms with van der Waals surface area (Å²) in [6.07, 6.45) is 0.204. The molecule has 0 radical (unpaired) electrons. The molecule has 1 aliphatic heterocycles. The third-order valence-corrected chi connectivity index (χ3v) is 5.35. The van der Waals surface area contributed by atoms with E-state index >= 15 is 0 Å². The maximum Gasteiger partial charge on any atom is 0.357 e. The Morgan fingerprint density at radius 2 is 2.10 bits per heavy atom. The summed E-state index contributed by atoms with van der Waals surface area (Å²) in [7, 11) is 1.21. The second kappa shape index (κ2) is 9.21. The molecule has 0 bridgehead atoms. The van der Waals surface area contributed by atoms with Crippen LogP contribution in [0.15, 0.2) is 29.6 Å². The number of hydrogen-bond acceptors (Lipinski definition) is 7. The predicted molar refractivity (Wildman–Crippen MR) is 110 cm³/mol. The number of nitrogens with one attached hydrogen (secondary N) is 2. The second-order valence-corrected chi connectivity index (χ2v) is 8.17. The highest BCUT2D eigenvalue weighted by atomic mass is 32.1. The average Bonchev–Trinajstić information content (AvgIpc) is 3.29. The number of halogens is 1. The maximum absolute atomic E-state index is 13.6. The van der Waals surface area contributed by atoms with Crippen LogP contribution in [-0.4, -0.2) is 46.9 Å². The van der Waals surface area contributed by atoms with Crippen molar-refractivity contribution in [3.8, 4) is 0 Å². The van der Waals surface area contributed by atoms with Gasteiger partial charge in [0.15, 0.2) is 10.8 Å². The molecule has 1 fully saturated rings. The number of esters is 1. The van der Waals surface area contributed by atoms with Gasteiger partial charge in [-0.1, -0.05) is 26.0 Å². The van der Waals surface area contributed by atoms with Crippen LogP contribution in [0.25, 0.3) is 0 Å². The Bertz CT molecular complexity index is 1020. The molecule has 11 heteroatoms. The summed E-state index contributed by atoms with van der Waals surface area (Å²) in [6.45, 7) is 3.70. The summed E-state index contributed by atoms with van der Waals surface area (Å²) in [5, 5.41) is 6.62. The van der Waals surface area contributed by atoms with Crippen LogP contribution >= 0.6 is 11.3 Å². The summed E-state index contributed by atoms with van der Waals surface area (Å²) in [5.74, 6) is -2.48. The van der Waals surface area contributed by atoms with Crippen LogP contribution in [0.2, 0.25) is 0 Å². The van der Waals surface area contributed by atoms with E-state index in [0.29, 0.717) is 0 Å². The van der Waals surface area contributed by atoms with Crippen LogP contribution in [0.1, 0.15) is 42.4 Å². The lowest BCUT2D eigenvalue weighted by molar-refractivity contribution is -0.134. The number of aromatic nitrogens is 1. The molecule has 1 saturated heterocycles. The summed E-state index contributed by atoms with van der Waals surface area (Å²) >= 11 is 1.01.